The Kier molecular flexibility index (Phi) is 5.60. The van der Waals surface area contributed by atoms with E-state index in [1.165, 1.54) is 32.3 Å². The van der Waals surface area contributed by atoms with Gasteiger partial charge in [-0.15, -0.1) is 0 Å². The highest BCUT2D eigenvalue weighted by Crippen LogP contribution is 2.27. The van der Waals surface area contributed by atoms with Crippen LogP contribution < -0.4 is 5.32 Å². The van der Waals surface area contributed by atoms with Crippen LogP contribution in [-0.2, 0) is 6.42 Å². The molecule has 0 saturated carbocycles. The van der Waals surface area contributed by atoms with Crippen molar-refractivity contribution in [2.75, 3.05) is 6.54 Å². The van der Waals surface area contributed by atoms with Gasteiger partial charge in [-0.3, -0.25) is 0 Å². The lowest BCUT2D eigenvalue weighted by Crippen LogP contribution is -2.23. The lowest BCUT2D eigenvalue weighted by molar-refractivity contribution is 0.548. The Labute approximate surface area is 136 Å². The van der Waals surface area contributed by atoms with Gasteiger partial charge >= 0.3 is 0 Å². The van der Waals surface area contributed by atoms with Gasteiger partial charge in [0.2, 0.25) is 0 Å². The molecule has 112 valence electrons. The van der Waals surface area contributed by atoms with E-state index >= 15 is 0 Å². The van der Waals surface area contributed by atoms with Crippen molar-refractivity contribution in [3.8, 4) is 0 Å². The zero-order chi connectivity index (χ0) is 15.4. The van der Waals surface area contributed by atoms with Crippen molar-refractivity contribution in [2.45, 2.75) is 40.2 Å². The van der Waals surface area contributed by atoms with Gasteiger partial charge in [-0.2, -0.15) is 0 Å². The Balaban J connectivity index is 2.33. The maximum Gasteiger partial charge on any atom is 0.0361 e. The van der Waals surface area contributed by atoms with Crippen molar-refractivity contribution in [1.29, 1.82) is 0 Å². The largest absolute Gasteiger partial charge is 0.310 e. The Bertz CT molecular complexity index is 596. The summed E-state index contributed by atoms with van der Waals surface area (Å²) >= 11 is 3.66. The molecule has 0 saturated heterocycles. The Morgan fingerprint density at radius 2 is 1.62 bits per heavy atom. The van der Waals surface area contributed by atoms with Crippen molar-refractivity contribution in [1.82, 2.24) is 5.32 Å². The molecule has 1 nitrogen and oxygen atoms in total. The average Bonchev–Trinajstić information content (AvgIpc) is 2.46. The second kappa shape index (κ2) is 7.24. The van der Waals surface area contributed by atoms with Crippen molar-refractivity contribution in [2.24, 2.45) is 0 Å². The molecule has 21 heavy (non-hydrogen) atoms. The quantitative estimate of drug-likeness (QED) is 0.778. The van der Waals surface area contributed by atoms with E-state index in [2.05, 4.69) is 85.3 Å². The standard InChI is InChI=1S/C19H24BrN/c1-5-21-18(12-16-9-7-6-8-13(16)2)17-10-14(3)19(20)15(4)11-17/h6-11,18,21H,5,12H2,1-4H3. The highest BCUT2D eigenvalue weighted by atomic mass is 79.9. The minimum absolute atomic E-state index is 0.363. The summed E-state index contributed by atoms with van der Waals surface area (Å²) in [6.45, 7) is 9.67. The maximum atomic E-state index is 3.66. The Hall–Kier alpha value is -1.12. The fraction of sp³-hybridized carbons (Fsp3) is 0.368. The molecule has 0 radical (unpaired) electrons. The van der Waals surface area contributed by atoms with Gasteiger partial charge in [0.25, 0.3) is 0 Å². The summed E-state index contributed by atoms with van der Waals surface area (Å²) in [5.74, 6) is 0. The summed E-state index contributed by atoms with van der Waals surface area (Å²) in [6, 6.07) is 13.6. The van der Waals surface area contributed by atoms with Crippen LogP contribution in [0.4, 0.5) is 0 Å². The highest BCUT2D eigenvalue weighted by molar-refractivity contribution is 9.10. The monoisotopic (exact) mass is 345 g/mol. The van der Waals surface area contributed by atoms with Crippen molar-refractivity contribution >= 4 is 15.9 Å². The van der Waals surface area contributed by atoms with Crippen molar-refractivity contribution < 1.29 is 0 Å². The fourth-order valence-corrected chi connectivity index (χ4v) is 3.02. The van der Waals surface area contributed by atoms with E-state index in [0.717, 1.165) is 13.0 Å². The van der Waals surface area contributed by atoms with Crippen LogP contribution >= 0.6 is 15.9 Å². The first-order valence-corrected chi connectivity index (χ1v) is 8.36. The van der Waals surface area contributed by atoms with E-state index in [4.69, 9.17) is 0 Å². The molecule has 0 aliphatic heterocycles. The molecule has 0 heterocycles. The first-order chi connectivity index (χ1) is 10.0. The predicted molar refractivity (Wildman–Crippen MR) is 94.9 cm³/mol. The van der Waals surface area contributed by atoms with E-state index < -0.39 is 0 Å². The van der Waals surface area contributed by atoms with Crippen LogP contribution in [0.2, 0.25) is 0 Å². The Morgan fingerprint density at radius 3 is 2.19 bits per heavy atom. The number of likely N-dealkylation sites (N-methyl/N-ethyl adjacent to an activating group) is 1. The van der Waals surface area contributed by atoms with Crippen molar-refractivity contribution in [3.05, 3.63) is 68.7 Å². The summed E-state index contributed by atoms with van der Waals surface area (Å²) in [5, 5.41) is 3.63. The lowest BCUT2D eigenvalue weighted by atomic mass is 9.94. The number of nitrogens with one attached hydrogen (secondary N) is 1. The van der Waals surface area contributed by atoms with Crippen LogP contribution in [-0.4, -0.2) is 6.54 Å². The van der Waals surface area contributed by atoms with E-state index in [-0.39, 0.29) is 0 Å². The summed E-state index contributed by atoms with van der Waals surface area (Å²) in [5.41, 5.74) is 6.77. The normalized spacial score (nSPS) is 12.4. The molecule has 0 amide bonds. The molecule has 0 bridgehead atoms. The van der Waals surface area contributed by atoms with Gasteiger partial charge < -0.3 is 5.32 Å². The third-order valence-electron chi connectivity index (χ3n) is 4.00. The number of hydrogen-bond donors (Lipinski definition) is 1. The van der Waals surface area contributed by atoms with Gasteiger partial charge in [-0.05, 0) is 61.6 Å². The minimum atomic E-state index is 0.363. The van der Waals surface area contributed by atoms with E-state index in [0.29, 0.717) is 6.04 Å². The molecule has 0 spiro atoms. The van der Waals surface area contributed by atoms with Gasteiger partial charge in [0.1, 0.15) is 0 Å². The molecule has 1 unspecified atom stereocenters. The summed E-state index contributed by atoms with van der Waals surface area (Å²) < 4.78 is 1.22. The molecule has 0 aliphatic carbocycles. The van der Waals surface area contributed by atoms with E-state index in [9.17, 15) is 0 Å². The van der Waals surface area contributed by atoms with Gasteiger partial charge in [0, 0.05) is 10.5 Å². The second-order valence-electron chi connectivity index (χ2n) is 5.71. The molecule has 1 N–H and O–H groups in total. The predicted octanol–water partition coefficient (Wildman–Crippen LogP) is 5.27. The Morgan fingerprint density at radius 1 is 1.00 bits per heavy atom. The van der Waals surface area contributed by atoms with Gasteiger partial charge in [0.15, 0.2) is 0 Å². The molecule has 0 aliphatic rings. The molecule has 0 fully saturated rings. The lowest BCUT2D eigenvalue weighted by Gasteiger charge is -2.21. The van der Waals surface area contributed by atoms with E-state index in [1.807, 2.05) is 0 Å². The fourth-order valence-electron chi connectivity index (χ4n) is 2.79. The minimum Gasteiger partial charge on any atom is -0.310 e. The van der Waals surface area contributed by atoms with Gasteiger partial charge in [-0.25, -0.2) is 0 Å². The summed E-state index contributed by atoms with van der Waals surface area (Å²) in [6.07, 6.45) is 1.03. The number of halogens is 1. The topological polar surface area (TPSA) is 12.0 Å². The van der Waals surface area contributed by atoms with Crippen molar-refractivity contribution in [3.63, 3.8) is 0 Å². The third-order valence-corrected chi connectivity index (χ3v) is 5.25. The third kappa shape index (κ3) is 3.96. The first kappa shape index (κ1) is 16.3. The van der Waals surface area contributed by atoms with Crippen LogP contribution in [0.25, 0.3) is 0 Å². The van der Waals surface area contributed by atoms with Crippen LogP contribution in [0.3, 0.4) is 0 Å². The number of rotatable bonds is 5. The highest BCUT2D eigenvalue weighted by Gasteiger charge is 2.14. The molecule has 0 aromatic heterocycles. The second-order valence-corrected chi connectivity index (χ2v) is 6.50. The smallest absolute Gasteiger partial charge is 0.0361 e. The molecule has 2 aromatic rings. The number of benzene rings is 2. The zero-order valence-corrected chi connectivity index (χ0v) is 14.9. The SMILES string of the molecule is CCNC(Cc1ccccc1C)c1cc(C)c(Br)c(C)c1. The first-order valence-electron chi connectivity index (χ1n) is 7.57. The van der Waals surface area contributed by atoms with E-state index in [1.54, 1.807) is 0 Å². The molecular formula is C19H24BrN. The van der Waals surface area contributed by atoms with Gasteiger partial charge in [0.05, 0.1) is 0 Å². The summed E-state index contributed by atoms with van der Waals surface area (Å²) in [4.78, 5) is 0. The zero-order valence-electron chi connectivity index (χ0n) is 13.3. The molecule has 2 rings (SSSR count). The number of aryl methyl sites for hydroxylation is 3. The van der Waals surface area contributed by atoms with Crippen LogP contribution in [0.5, 0.6) is 0 Å². The van der Waals surface area contributed by atoms with Gasteiger partial charge in [-0.1, -0.05) is 59.3 Å². The van der Waals surface area contributed by atoms with Crippen LogP contribution in [0.1, 0.15) is 40.8 Å². The molecular weight excluding hydrogens is 322 g/mol. The molecule has 1 atom stereocenters. The average molecular weight is 346 g/mol. The van der Waals surface area contributed by atoms with Crippen LogP contribution in [0, 0.1) is 20.8 Å². The maximum absolute atomic E-state index is 3.66. The molecule has 2 heteroatoms. The van der Waals surface area contributed by atoms with Crippen LogP contribution in [0.15, 0.2) is 40.9 Å². The molecule has 2 aromatic carbocycles. The number of hydrogen-bond acceptors (Lipinski definition) is 1. The summed E-state index contributed by atoms with van der Waals surface area (Å²) in [7, 11) is 0.